The van der Waals surface area contributed by atoms with Crippen molar-refractivity contribution in [3.05, 3.63) is 66.2 Å². The summed E-state index contributed by atoms with van der Waals surface area (Å²) in [7, 11) is 2.09. The number of hydrogen-bond donors (Lipinski definition) is 1. The lowest BCUT2D eigenvalue weighted by molar-refractivity contribution is 0.0615. The molecule has 6 rings (SSSR count). The van der Waals surface area contributed by atoms with Crippen molar-refractivity contribution in [3.63, 3.8) is 0 Å². The smallest absolute Gasteiger partial charge is 0.253 e. The molecule has 2 aromatic heterocycles. The highest BCUT2D eigenvalue weighted by molar-refractivity contribution is 6.06. The van der Waals surface area contributed by atoms with Crippen molar-refractivity contribution < 1.29 is 18.7 Å². The number of furan rings is 1. The van der Waals surface area contributed by atoms with E-state index >= 15 is 0 Å². The van der Waals surface area contributed by atoms with Crippen molar-refractivity contribution in [2.24, 2.45) is 0 Å². The fourth-order valence-electron chi connectivity index (χ4n) is 6.18. The van der Waals surface area contributed by atoms with Crippen molar-refractivity contribution in [1.29, 1.82) is 0 Å². The van der Waals surface area contributed by atoms with Gasteiger partial charge in [-0.1, -0.05) is 43.5 Å². The van der Waals surface area contributed by atoms with E-state index in [1.54, 1.807) is 18.5 Å². The zero-order chi connectivity index (χ0) is 28.3. The van der Waals surface area contributed by atoms with Crippen molar-refractivity contribution in [2.75, 3.05) is 51.3 Å². The summed E-state index contributed by atoms with van der Waals surface area (Å²) >= 11 is 0. The predicted molar refractivity (Wildman–Crippen MR) is 157 cm³/mol. The molecule has 0 atom stereocenters. The second-order valence-electron chi connectivity index (χ2n) is 11.0. The van der Waals surface area contributed by atoms with E-state index in [0.717, 1.165) is 53.8 Å². The van der Waals surface area contributed by atoms with E-state index in [2.05, 4.69) is 21.8 Å². The number of carbonyl (C=O) groups excluding carboxylic acids is 1. The van der Waals surface area contributed by atoms with Crippen LogP contribution in [0.1, 0.15) is 42.5 Å². The van der Waals surface area contributed by atoms with Gasteiger partial charge < -0.3 is 19.3 Å². The fourth-order valence-corrected chi connectivity index (χ4v) is 6.18. The van der Waals surface area contributed by atoms with Crippen LogP contribution in [0.3, 0.4) is 0 Å². The fraction of sp³-hybridized carbons (Fsp3) is 0.406. The van der Waals surface area contributed by atoms with Crippen LogP contribution in [0.2, 0.25) is 0 Å². The summed E-state index contributed by atoms with van der Waals surface area (Å²) in [6.45, 7) is 3.53. The molecule has 2 fully saturated rings. The lowest BCUT2D eigenvalue weighted by Gasteiger charge is -2.34. The lowest BCUT2D eigenvalue weighted by atomic mass is 9.94. The zero-order valence-corrected chi connectivity index (χ0v) is 23.4. The first-order chi connectivity index (χ1) is 20.0. The summed E-state index contributed by atoms with van der Waals surface area (Å²) in [6, 6.07) is 14.3. The molecule has 0 radical (unpaired) electrons. The number of piperazine rings is 1. The first kappa shape index (κ1) is 27.4. The minimum Gasteiger partial charge on any atom is -0.437 e. The van der Waals surface area contributed by atoms with E-state index < -0.39 is 0 Å². The molecule has 41 heavy (non-hydrogen) atoms. The molecule has 9 heteroatoms. The topological polar surface area (TPSA) is 85.9 Å². The minimum atomic E-state index is -0.307. The molecule has 3 heterocycles. The summed E-state index contributed by atoms with van der Waals surface area (Å²) < 4.78 is 20.4. The summed E-state index contributed by atoms with van der Waals surface area (Å²) in [5.41, 5.74) is 3.53. The average Bonchev–Trinajstić information content (AvgIpc) is 3.42. The van der Waals surface area contributed by atoms with Crippen LogP contribution in [-0.2, 0) is 0 Å². The monoisotopic (exact) mass is 557 g/mol. The molecule has 1 aliphatic carbocycles. The minimum absolute atomic E-state index is 0.00850. The number of anilines is 1. The number of nitrogens with zero attached hydrogens (tertiary/aromatic N) is 5. The number of carbonyl (C=O) groups is 1. The molecule has 0 bridgehead atoms. The molecule has 0 spiro atoms. The SMILES string of the molecule is CN(c1ncnc2oc(-c3ccc(C(=O)N4CCN(CCO)CC4)cc3)c(-c3ccc(F)cc3)c12)C1CCCCC1. The largest absolute Gasteiger partial charge is 0.437 e. The third-order valence-electron chi connectivity index (χ3n) is 8.53. The molecule has 2 aromatic carbocycles. The van der Waals surface area contributed by atoms with Crippen molar-refractivity contribution >= 4 is 22.8 Å². The van der Waals surface area contributed by atoms with Gasteiger partial charge in [0.15, 0.2) is 0 Å². The van der Waals surface area contributed by atoms with Crippen LogP contribution < -0.4 is 4.90 Å². The normalized spacial score (nSPS) is 16.8. The van der Waals surface area contributed by atoms with Gasteiger partial charge in [0, 0.05) is 62.5 Å². The third kappa shape index (κ3) is 5.56. The zero-order valence-electron chi connectivity index (χ0n) is 23.4. The molecule has 1 saturated carbocycles. The van der Waals surface area contributed by atoms with E-state index in [9.17, 15) is 14.3 Å². The quantitative estimate of drug-likeness (QED) is 0.334. The van der Waals surface area contributed by atoms with E-state index in [-0.39, 0.29) is 18.3 Å². The highest BCUT2D eigenvalue weighted by atomic mass is 19.1. The number of benzene rings is 2. The lowest BCUT2D eigenvalue weighted by Crippen LogP contribution is -2.49. The number of hydrogen-bond acceptors (Lipinski definition) is 7. The molecule has 214 valence electrons. The van der Waals surface area contributed by atoms with Gasteiger partial charge in [0.2, 0.25) is 5.71 Å². The standard InChI is InChI=1S/C32H36FN5O3/c1-36(26-5-3-2-4-6-26)30-28-27(22-11-13-25(33)14-12-22)29(41-31(28)35-21-34-30)23-7-9-24(10-8-23)32(40)38-17-15-37(16-18-38)19-20-39/h7-14,21,26,39H,2-6,15-20H2,1H3. The van der Waals surface area contributed by atoms with Gasteiger partial charge in [-0.2, -0.15) is 0 Å². The number of aromatic nitrogens is 2. The number of aliphatic hydroxyl groups excluding tert-OH is 1. The van der Waals surface area contributed by atoms with Gasteiger partial charge in [0.05, 0.1) is 12.0 Å². The average molecular weight is 558 g/mol. The van der Waals surface area contributed by atoms with Crippen molar-refractivity contribution in [2.45, 2.75) is 38.1 Å². The molecule has 1 saturated heterocycles. The number of β-amino-alcohol motifs (C(OH)–C–C–N with tert-alkyl or cyclic N) is 1. The molecule has 1 aliphatic heterocycles. The Kier molecular flexibility index (Phi) is 7.98. The van der Waals surface area contributed by atoms with Crippen LogP contribution in [0, 0.1) is 5.82 Å². The van der Waals surface area contributed by atoms with Crippen LogP contribution in [0.15, 0.2) is 59.3 Å². The van der Waals surface area contributed by atoms with Gasteiger partial charge in [-0.25, -0.2) is 14.4 Å². The molecular formula is C32H36FN5O3. The highest BCUT2D eigenvalue weighted by Gasteiger charge is 2.28. The summed E-state index contributed by atoms with van der Waals surface area (Å²) in [6.07, 6.45) is 7.44. The Morgan fingerprint density at radius 1 is 0.976 bits per heavy atom. The molecule has 0 unspecified atom stereocenters. The molecular weight excluding hydrogens is 521 g/mol. The Balaban J connectivity index is 1.36. The van der Waals surface area contributed by atoms with Gasteiger partial charge in [-0.05, 0) is 42.7 Å². The Labute approximate surface area is 239 Å². The number of aliphatic hydroxyl groups is 1. The van der Waals surface area contributed by atoms with Crippen LogP contribution in [0.4, 0.5) is 10.2 Å². The first-order valence-corrected chi connectivity index (χ1v) is 14.5. The molecule has 8 nitrogen and oxygen atoms in total. The van der Waals surface area contributed by atoms with Crippen molar-refractivity contribution in [1.82, 2.24) is 19.8 Å². The number of rotatable bonds is 7. The van der Waals surface area contributed by atoms with Crippen molar-refractivity contribution in [3.8, 4) is 22.5 Å². The van der Waals surface area contributed by atoms with Crippen LogP contribution in [0.25, 0.3) is 33.6 Å². The number of amides is 1. The summed E-state index contributed by atoms with van der Waals surface area (Å²) in [4.78, 5) is 28.7. The molecule has 4 aromatic rings. The Hall–Kier alpha value is -3.82. The Morgan fingerprint density at radius 2 is 1.66 bits per heavy atom. The number of fused-ring (bicyclic) bond motifs is 1. The second-order valence-corrected chi connectivity index (χ2v) is 11.0. The van der Waals surface area contributed by atoms with Gasteiger partial charge >= 0.3 is 0 Å². The molecule has 1 amide bonds. The Morgan fingerprint density at radius 3 is 2.34 bits per heavy atom. The molecule has 1 N–H and O–H groups in total. The summed E-state index contributed by atoms with van der Waals surface area (Å²) in [5, 5.41) is 10.00. The van der Waals surface area contributed by atoms with Gasteiger partial charge in [-0.15, -0.1) is 0 Å². The first-order valence-electron chi connectivity index (χ1n) is 14.5. The van der Waals surface area contributed by atoms with Gasteiger partial charge in [0.25, 0.3) is 5.91 Å². The van der Waals surface area contributed by atoms with Gasteiger partial charge in [0.1, 0.15) is 23.7 Å². The predicted octanol–water partition coefficient (Wildman–Crippen LogP) is 5.21. The van der Waals surface area contributed by atoms with Gasteiger partial charge in [-0.3, -0.25) is 9.69 Å². The van der Waals surface area contributed by atoms with Crippen LogP contribution >= 0.6 is 0 Å². The maximum Gasteiger partial charge on any atom is 0.253 e. The highest BCUT2D eigenvalue weighted by Crippen LogP contribution is 2.44. The van der Waals surface area contributed by atoms with E-state index in [4.69, 9.17) is 9.40 Å². The van der Waals surface area contributed by atoms with E-state index in [0.29, 0.717) is 42.7 Å². The molecule has 2 aliphatic rings. The number of halogens is 1. The van der Waals surface area contributed by atoms with Crippen LogP contribution in [-0.4, -0.2) is 83.2 Å². The second kappa shape index (κ2) is 12.0. The van der Waals surface area contributed by atoms with E-state index in [1.165, 1.54) is 31.4 Å². The van der Waals surface area contributed by atoms with E-state index in [1.807, 2.05) is 29.2 Å². The van der Waals surface area contributed by atoms with Crippen LogP contribution in [0.5, 0.6) is 0 Å². The third-order valence-corrected chi connectivity index (χ3v) is 8.53. The summed E-state index contributed by atoms with van der Waals surface area (Å²) in [5.74, 6) is 1.11. The Bertz CT molecular complexity index is 1490. The maximum atomic E-state index is 13.9. The maximum absolute atomic E-state index is 13.9.